The molecule has 2 aliphatic rings. The second-order valence-corrected chi connectivity index (χ2v) is 6.09. The van der Waals surface area contributed by atoms with Gasteiger partial charge in [0.1, 0.15) is 5.75 Å². The van der Waals surface area contributed by atoms with Gasteiger partial charge in [-0.25, -0.2) is 9.48 Å². The molecule has 0 unspecified atom stereocenters. The summed E-state index contributed by atoms with van der Waals surface area (Å²) in [6.07, 6.45) is 4.46. The average Bonchev–Trinajstić information content (AvgIpc) is 3.26. The second-order valence-electron chi connectivity index (χ2n) is 6.09. The highest BCUT2D eigenvalue weighted by Gasteiger charge is 2.34. The highest BCUT2D eigenvalue weighted by atomic mass is 16.5. The highest BCUT2D eigenvalue weighted by molar-refractivity contribution is 5.91. The first-order valence-corrected chi connectivity index (χ1v) is 7.85. The molecule has 4 rings (SSSR count). The van der Waals surface area contributed by atoms with Gasteiger partial charge in [0.05, 0.1) is 24.5 Å². The number of aromatic nitrogens is 3. The number of nitrogens with zero attached hydrogens (tertiary/aromatic N) is 4. The van der Waals surface area contributed by atoms with Gasteiger partial charge in [-0.1, -0.05) is 17.3 Å². The number of methoxy groups -OCH3 is 1. The van der Waals surface area contributed by atoms with Crippen LogP contribution in [0.3, 0.4) is 0 Å². The van der Waals surface area contributed by atoms with E-state index in [0.29, 0.717) is 30.4 Å². The first-order valence-electron chi connectivity index (χ1n) is 7.85. The Hall–Kier alpha value is -2.57. The maximum Gasteiger partial charge on any atom is 0.322 e. The lowest BCUT2D eigenvalue weighted by Crippen LogP contribution is -2.52. The molecule has 0 atom stereocenters. The van der Waals surface area contributed by atoms with Crippen LogP contribution in [0.2, 0.25) is 0 Å². The van der Waals surface area contributed by atoms with E-state index in [-0.39, 0.29) is 12.1 Å². The Labute approximate surface area is 134 Å². The van der Waals surface area contributed by atoms with Crippen LogP contribution >= 0.6 is 0 Å². The van der Waals surface area contributed by atoms with Crippen molar-refractivity contribution in [3.05, 3.63) is 36.2 Å². The molecule has 2 fully saturated rings. The normalized spacial score (nSPS) is 17.7. The van der Waals surface area contributed by atoms with Gasteiger partial charge in [-0.15, -0.1) is 5.10 Å². The number of nitrogens with one attached hydrogen (secondary N) is 1. The van der Waals surface area contributed by atoms with E-state index in [0.717, 1.165) is 5.69 Å². The van der Waals surface area contributed by atoms with Crippen LogP contribution in [0.25, 0.3) is 0 Å². The summed E-state index contributed by atoms with van der Waals surface area (Å²) in [5.41, 5.74) is 1.77. The molecule has 7 heteroatoms. The zero-order chi connectivity index (χ0) is 15.8. The van der Waals surface area contributed by atoms with Crippen LogP contribution in [0.4, 0.5) is 10.5 Å². The van der Waals surface area contributed by atoms with E-state index in [4.69, 9.17) is 4.74 Å². The minimum atomic E-state index is -0.117. The SMILES string of the molecule is COc1ccccc1NC(=O)N1CC(n2cc(C3CC3)nn2)C1. The van der Waals surface area contributed by atoms with Crippen LogP contribution in [-0.2, 0) is 0 Å². The molecule has 1 saturated heterocycles. The van der Waals surface area contributed by atoms with Crippen LogP contribution in [0.1, 0.15) is 30.5 Å². The molecule has 0 radical (unpaired) electrons. The Morgan fingerprint density at radius 1 is 1.30 bits per heavy atom. The van der Waals surface area contributed by atoms with E-state index < -0.39 is 0 Å². The number of hydrogen-bond donors (Lipinski definition) is 1. The van der Waals surface area contributed by atoms with E-state index >= 15 is 0 Å². The van der Waals surface area contributed by atoms with Crippen molar-refractivity contribution in [2.45, 2.75) is 24.8 Å². The molecule has 23 heavy (non-hydrogen) atoms. The minimum absolute atomic E-state index is 0.117. The summed E-state index contributed by atoms with van der Waals surface area (Å²) in [6, 6.07) is 7.49. The maximum absolute atomic E-state index is 12.3. The van der Waals surface area contributed by atoms with Crippen molar-refractivity contribution >= 4 is 11.7 Å². The standard InChI is InChI=1S/C16H19N5O2/c1-23-15-5-3-2-4-13(15)17-16(22)20-8-12(9-20)21-10-14(18-19-21)11-6-7-11/h2-5,10-12H,6-9H2,1H3,(H,17,22). The predicted octanol–water partition coefficient (Wildman–Crippen LogP) is 2.25. The van der Waals surface area contributed by atoms with Gasteiger partial charge < -0.3 is 15.0 Å². The number of urea groups is 1. The summed E-state index contributed by atoms with van der Waals surface area (Å²) < 4.78 is 7.13. The average molecular weight is 313 g/mol. The van der Waals surface area contributed by atoms with E-state index in [1.165, 1.54) is 12.8 Å². The number of likely N-dealkylation sites (tertiary alicyclic amines) is 1. The molecule has 1 aromatic carbocycles. The van der Waals surface area contributed by atoms with Crippen LogP contribution in [0.5, 0.6) is 5.75 Å². The van der Waals surface area contributed by atoms with Crippen LogP contribution in [0.15, 0.2) is 30.5 Å². The molecule has 7 nitrogen and oxygen atoms in total. The molecular formula is C16H19N5O2. The monoisotopic (exact) mass is 313 g/mol. The summed E-state index contributed by atoms with van der Waals surface area (Å²) in [4.78, 5) is 14.0. The Kier molecular flexibility index (Phi) is 3.40. The second kappa shape index (κ2) is 5.57. The quantitative estimate of drug-likeness (QED) is 0.939. The fraction of sp³-hybridized carbons (Fsp3) is 0.438. The fourth-order valence-electron chi connectivity index (χ4n) is 2.77. The molecule has 0 bridgehead atoms. The van der Waals surface area contributed by atoms with Gasteiger partial charge >= 0.3 is 6.03 Å². The third-order valence-corrected chi connectivity index (χ3v) is 4.40. The van der Waals surface area contributed by atoms with Gasteiger partial charge in [0.15, 0.2) is 0 Å². The van der Waals surface area contributed by atoms with E-state index in [2.05, 4.69) is 15.6 Å². The van der Waals surface area contributed by atoms with Gasteiger partial charge in [0, 0.05) is 25.2 Å². The largest absolute Gasteiger partial charge is 0.495 e. The molecule has 2 heterocycles. The highest BCUT2D eigenvalue weighted by Crippen LogP contribution is 2.39. The zero-order valence-corrected chi connectivity index (χ0v) is 13.0. The smallest absolute Gasteiger partial charge is 0.322 e. The summed E-state index contributed by atoms with van der Waals surface area (Å²) >= 11 is 0. The minimum Gasteiger partial charge on any atom is -0.495 e. The van der Waals surface area contributed by atoms with E-state index in [9.17, 15) is 4.79 Å². The van der Waals surface area contributed by atoms with Crippen molar-refractivity contribution in [3.8, 4) is 5.75 Å². The lowest BCUT2D eigenvalue weighted by Gasteiger charge is -2.38. The fourth-order valence-corrected chi connectivity index (χ4v) is 2.77. The van der Waals surface area contributed by atoms with Crippen LogP contribution in [0, 0.1) is 0 Å². The van der Waals surface area contributed by atoms with Gasteiger partial charge in [0.2, 0.25) is 0 Å². The van der Waals surface area contributed by atoms with Crippen molar-refractivity contribution in [3.63, 3.8) is 0 Å². The van der Waals surface area contributed by atoms with Crippen molar-refractivity contribution in [2.75, 3.05) is 25.5 Å². The van der Waals surface area contributed by atoms with Crippen molar-refractivity contribution in [1.29, 1.82) is 0 Å². The number of hydrogen-bond acceptors (Lipinski definition) is 4. The molecule has 1 N–H and O–H groups in total. The molecule has 0 spiro atoms. The lowest BCUT2D eigenvalue weighted by atomic mass is 10.1. The number of carbonyl (C=O) groups is 1. The summed E-state index contributed by atoms with van der Waals surface area (Å²) in [7, 11) is 1.59. The summed E-state index contributed by atoms with van der Waals surface area (Å²) in [5, 5.41) is 11.3. The Morgan fingerprint density at radius 2 is 2.09 bits per heavy atom. The Balaban J connectivity index is 1.34. The Morgan fingerprint density at radius 3 is 2.83 bits per heavy atom. The molecule has 2 amide bonds. The van der Waals surface area contributed by atoms with Crippen LogP contribution < -0.4 is 10.1 Å². The first kappa shape index (κ1) is 14.0. The lowest BCUT2D eigenvalue weighted by molar-refractivity contribution is 0.127. The van der Waals surface area contributed by atoms with E-state index in [1.807, 2.05) is 35.1 Å². The molecule has 1 aromatic heterocycles. The van der Waals surface area contributed by atoms with Gasteiger partial charge in [-0.05, 0) is 25.0 Å². The van der Waals surface area contributed by atoms with Crippen molar-refractivity contribution in [2.24, 2.45) is 0 Å². The zero-order valence-electron chi connectivity index (χ0n) is 13.0. The number of amides is 2. The Bertz CT molecular complexity index is 719. The number of para-hydroxylation sites is 2. The third-order valence-electron chi connectivity index (χ3n) is 4.40. The molecule has 1 saturated carbocycles. The van der Waals surface area contributed by atoms with Crippen LogP contribution in [-0.4, -0.2) is 46.1 Å². The third kappa shape index (κ3) is 2.74. The maximum atomic E-state index is 12.3. The summed E-state index contributed by atoms with van der Waals surface area (Å²) in [5.74, 6) is 1.26. The summed E-state index contributed by atoms with van der Waals surface area (Å²) in [6.45, 7) is 1.29. The number of benzene rings is 1. The van der Waals surface area contributed by atoms with Gasteiger partial charge in [0.25, 0.3) is 0 Å². The molecule has 1 aliphatic carbocycles. The molecule has 120 valence electrons. The molecular weight excluding hydrogens is 294 g/mol. The van der Waals surface area contributed by atoms with Crippen molar-refractivity contribution in [1.82, 2.24) is 19.9 Å². The van der Waals surface area contributed by atoms with E-state index in [1.54, 1.807) is 12.0 Å². The van der Waals surface area contributed by atoms with Gasteiger partial charge in [-0.2, -0.15) is 0 Å². The number of ether oxygens (including phenoxy) is 1. The van der Waals surface area contributed by atoms with Crippen molar-refractivity contribution < 1.29 is 9.53 Å². The van der Waals surface area contributed by atoms with Gasteiger partial charge in [-0.3, -0.25) is 0 Å². The molecule has 1 aliphatic heterocycles. The predicted molar refractivity (Wildman–Crippen MR) is 84.6 cm³/mol. The first-order chi connectivity index (χ1) is 11.2. The number of carbonyl (C=O) groups excluding carboxylic acids is 1. The topological polar surface area (TPSA) is 72.3 Å². The number of rotatable bonds is 4. The number of anilines is 1. The molecule has 2 aromatic rings.